The lowest BCUT2D eigenvalue weighted by Crippen LogP contribution is -2.38. The van der Waals surface area contributed by atoms with E-state index in [0.29, 0.717) is 25.2 Å². The standard InChI is InChI=1S/C32H35FN4O2/c1-39-28-8-4-6-25(22-28)32-35-29(31(36-32)24-12-14-26(33)15-13-24)9-5-10-30(38)37-20-17-23(18-21-37)11-16-27-7-2-3-19-34-27/h2-4,6-8,12-15,19,22-23H,5,9-11,16-18,20-21H2,1H3,(H,35,36). The fraction of sp³-hybridized carbons (Fsp3) is 0.344. The van der Waals surface area contributed by atoms with Gasteiger partial charge in [-0.3, -0.25) is 9.78 Å². The molecule has 1 saturated heterocycles. The molecule has 0 saturated carbocycles. The third-order valence-electron chi connectivity index (χ3n) is 7.56. The Morgan fingerprint density at radius 3 is 2.59 bits per heavy atom. The molecule has 0 bridgehead atoms. The van der Waals surface area contributed by atoms with E-state index in [1.807, 2.05) is 47.5 Å². The van der Waals surface area contributed by atoms with Crippen molar-refractivity contribution >= 4 is 5.91 Å². The number of hydrogen-bond donors (Lipinski definition) is 1. The van der Waals surface area contributed by atoms with Crippen LogP contribution in [0.4, 0.5) is 4.39 Å². The number of carbonyl (C=O) groups excluding carboxylic acids is 1. The first kappa shape index (κ1) is 26.6. The van der Waals surface area contributed by atoms with Gasteiger partial charge in [-0.2, -0.15) is 0 Å². The molecule has 2 aromatic heterocycles. The van der Waals surface area contributed by atoms with Crippen molar-refractivity contribution in [1.29, 1.82) is 0 Å². The summed E-state index contributed by atoms with van der Waals surface area (Å²) in [5.74, 6) is 2.06. The van der Waals surface area contributed by atoms with Crippen LogP contribution < -0.4 is 4.74 Å². The molecule has 0 unspecified atom stereocenters. The summed E-state index contributed by atoms with van der Waals surface area (Å²) in [6, 6.07) is 20.2. The fourth-order valence-corrected chi connectivity index (χ4v) is 5.29. The lowest BCUT2D eigenvalue weighted by Gasteiger charge is -2.32. The van der Waals surface area contributed by atoms with Crippen molar-refractivity contribution in [2.24, 2.45) is 5.92 Å². The summed E-state index contributed by atoms with van der Waals surface area (Å²) in [6.07, 6.45) is 7.97. The van der Waals surface area contributed by atoms with Crippen LogP contribution in [-0.2, 0) is 17.6 Å². The minimum atomic E-state index is -0.282. The summed E-state index contributed by atoms with van der Waals surface area (Å²) in [5.41, 5.74) is 4.63. The Kier molecular flexibility index (Phi) is 8.66. The number of rotatable bonds is 10. The van der Waals surface area contributed by atoms with E-state index in [0.717, 1.165) is 78.6 Å². The molecule has 3 heterocycles. The number of nitrogens with zero attached hydrogens (tertiary/aromatic N) is 3. The minimum absolute atomic E-state index is 0.217. The van der Waals surface area contributed by atoms with Gasteiger partial charge in [-0.1, -0.05) is 18.2 Å². The first-order chi connectivity index (χ1) is 19.1. The maximum absolute atomic E-state index is 13.6. The third kappa shape index (κ3) is 6.91. The van der Waals surface area contributed by atoms with E-state index >= 15 is 0 Å². The zero-order valence-corrected chi connectivity index (χ0v) is 22.4. The number of benzene rings is 2. The highest BCUT2D eigenvalue weighted by Gasteiger charge is 2.23. The molecular formula is C32H35FN4O2. The van der Waals surface area contributed by atoms with Gasteiger partial charge in [0.2, 0.25) is 5.91 Å². The largest absolute Gasteiger partial charge is 0.497 e. The molecule has 2 aromatic carbocycles. The summed E-state index contributed by atoms with van der Waals surface area (Å²) in [4.78, 5) is 27.8. The number of H-pyrrole nitrogens is 1. The van der Waals surface area contributed by atoms with Crippen molar-refractivity contribution in [2.75, 3.05) is 20.2 Å². The van der Waals surface area contributed by atoms with Gasteiger partial charge in [0.05, 0.1) is 12.8 Å². The topological polar surface area (TPSA) is 71.1 Å². The highest BCUT2D eigenvalue weighted by atomic mass is 19.1. The van der Waals surface area contributed by atoms with Gasteiger partial charge < -0.3 is 14.6 Å². The van der Waals surface area contributed by atoms with Crippen molar-refractivity contribution in [2.45, 2.75) is 44.9 Å². The van der Waals surface area contributed by atoms with Crippen molar-refractivity contribution < 1.29 is 13.9 Å². The number of imidazole rings is 1. The maximum Gasteiger partial charge on any atom is 0.222 e. The van der Waals surface area contributed by atoms with Crippen molar-refractivity contribution in [3.05, 3.63) is 90.1 Å². The molecule has 7 heteroatoms. The van der Waals surface area contributed by atoms with Crippen molar-refractivity contribution in [3.63, 3.8) is 0 Å². The SMILES string of the molecule is COc1cccc(-c2nc(-c3ccc(F)cc3)c(CCCC(=O)N3CCC(CCc4ccccn4)CC3)[nH]2)c1. The zero-order valence-electron chi connectivity index (χ0n) is 22.4. The van der Waals surface area contributed by atoms with Gasteiger partial charge in [0.15, 0.2) is 0 Å². The Hall–Kier alpha value is -4.00. The highest BCUT2D eigenvalue weighted by Crippen LogP contribution is 2.29. The number of piperidine rings is 1. The number of ether oxygens (including phenoxy) is 1. The molecule has 39 heavy (non-hydrogen) atoms. The van der Waals surface area contributed by atoms with Crippen LogP contribution >= 0.6 is 0 Å². The lowest BCUT2D eigenvalue weighted by atomic mass is 9.91. The monoisotopic (exact) mass is 526 g/mol. The van der Waals surface area contributed by atoms with E-state index in [9.17, 15) is 9.18 Å². The fourth-order valence-electron chi connectivity index (χ4n) is 5.29. The van der Waals surface area contributed by atoms with Gasteiger partial charge in [0.25, 0.3) is 0 Å². The van der Waals surface area contributed by atoms with Gasteiger partial charge in [0, 0.05) is 48.2 Å². The Bertz CT molecular complexity index is 1360. The van der Waals surface area contributed by atoms with E-state index < -0.39 is 0 Å². The van der Waals surface area contributed by atoms with Gasteiger partial charge in [-0.05, 0) is 93.0 Å². The van der Waals surface area contributed by atoms with Crippen molar-refractivity contribution in [1.82, 2.24) is 19.9 Å². The summed E-state index contributed by atoms with van der Waals surface area (Å²) in [5, 5.41) is 0. The number of amides is 1. The number of aromatic nitrogens is 3. The van der Waals surface area contributed by atoms with Gasteiger partial charge in [-0.25, -0.2) is 9.37 Å². The van der Waals surface area contributed by atoms with Crippen LogP contribution in [0.25, 0.3) is 22.6 Å². The van der Waals surface area contributed by atoms with Crippen LogP contribution in [0.2, 0.25) is 0 Å². The Balaban J connectivity index is 1.18. The molecule has 1 amide bonds. The molecule has 6 nitrogen and oxygen atoms in total. The van der Waals surface area contributed by atoms with Crippen LogP contribution in [0.3, 0.4) is 0 Å². The predicted octanol–water partition coefficient (Wildman–Crippen LogP) is 6.48. The molecular weight excluding hydrogens is 491 g/mol. The molecule has 4 aromatic rings. The number of methoxy groups -OCH3 is 1. The van der Waals surface area contributed by atoms with E-state index in [1.54, 1.807) is 19.2 Å². The van der Waals surface area contributed by atoms with E-state index in [4.69, 9.17) is 9.72 Å². The molecule has 1 aliphatic heterocycles. The minimum Gasteiger partial charge on any atom is -0.497 e. The summed E-state index contributed by atoms with van der Waals surface area (Å²) < 4.78 is 19.0. The Morgan fingerprint density at radius 1 is 1.03 bits per heavy atom. The Morgan fingerprint density at radius 2 is 1.85 bits per heavy atom. The number of nitrogens with one attached hydrogen (secondary N) is 1. The second-order valence-electron chi connectivity index (χ2n) is 10.2. The Labute approximate surface area is 229 Å². The molecule has 1 N–H and O–H groups in total. The van der Waals surface area contributed by atoms with E-state index in [-0.39, 0.29) is 11.7 Å². The highest BCUT2D eigenvalue weighted by molar-refractivity contribution is 5.76. The molecule has 0 aliphatic carbocycles. The number of likely N-dealkylation sites (tertiary alicyclic amines) is 1. The molecule has 0 spiro atoms. The predicted molar refractivity (Wildman–Crippen MR) is 151 cm³/mol. The molecule has 0 atom stereocenters. The van der Waals surface area contributed by atoms with Crippen molar-refractivity contribution in [3.8, 4) is 28.4 Å². The average molecular weight is 527 g/mol. The molecule has 0 radical (unpaired) electrons. The quantitative estimate of drug-likeness (QED) is 0.257. The number of pyridine rings is 1. The van der Waals surface area contributed by atoms with Gasteiger partial charge >= 0.3 is 0 Å². The molecule has 202 valence electrons. The molecule has 1 aliphatic rings. The third-order valence-corrected chi connectivity index (χ3v) is 7.56. The summed E-state index contributed by atoms with van der Waals surface area (Å²) in [7, 11) is 1.64. The number of aromatic amines is 1. The van der Waals surface area contributed by atoms with Crippen LogP contribution in [0.15, 0.2) is 72.9 Å². The second kappa shape index (κ2) is 12.7. The molecule has 1 fully saturated rings. The summed E-state index contributed by atoms with van der Waals surface area (Å²) in [6.45, 7) is 1.66. The van der Waals surface area contributed by atoms with E-state index in [2.05, 4.69) is 16.0 Å². The second-order valence-corrected chi connectivity index (χ2v) is 10.2. The summed E-state index contributed by atoms with van der Waals surface area (Å²) >= 11 is 0. The number of carbonyl (C=O) groups is 1. The first-order valence-corrected chi connectivity index (χ1v) is 13.8. The van der Waals surface area contributed by atoms with Crippen LogP contribution in [0.5, 0.6) is 5.75 Å². The zero-order chi connectivity index (χ0) is 27.0. The number of aryl methyl sites for hydroxylation is 2. The maximum atomic E-state index is 13.6. The normalized spacial score (nSPS) is 13.9. The smallest absolute Gasteiger partial charge is 0.222 e. The average Bonchev–Trinajstić information content (AvgIpc) is 3.41. The van der Waals surface area contributed by atoms with Crippen LogP contribution in [-0.4, -0.2) is 46.0 Å². The van der Waals surface area contributed by atoms with E-state index in [1.165, 1.54) is 12.1 Å². The van der Waals surface area contributed by atoms with Crippen LogP contribution in [0.1, 0.15) is 43.5 Å². The lowest BCUT2D eigenvalue weighted by molar-refractivity contribution is -0.132. The van der Waals surface area contributed by atoms with Gasteiger partial charge in [-0.15, -0.1) is 0 Å². The first-order valence-electron chi connectivity index (χ1n) is 13.8. The van der Waals surface area contributed by atoms with Gasteiger partial charge in [0.1, 0.15) is 17.4 Å². The molecule has 5 rings (SSSR count). The number of halogens is 1. The number of hydrogen-bond acceptors (Lipinski definition) is 4. The van der Waals surface area contributed by atoms with Crippen LogP contribution in [0, 0.1) is 11.7 Å².